The van der Waals surface area contributed by atoms with Crippen LogP contribution < -0.4 is 10.1 Å². The average Bonchev–Trinajstić information content (AvgIpc) is 2.88. The summed E-state index contributed by atoms with van der Waals surface area (Å²) in [6.45, 7) is 6.59. The molecule has 2 heterocycles. The molecular weight excluding hydrogens is 290 g/mol. The fraction of sp³-hybridized carbons (Fsp3) is 0.235. The molecule has 118 valence electrons. The van der Waals surface area contributed by atoms with Crippen LogP contribution in [-0.2, 0) is 0 Å². The Morgan fingerprint density at radius 1 is 1.09 bits per heavy atom. The third-order valence-electron chi connectivity index (χ3n) is 3.32. The first-order valence-corrected chi connectivity index (χ1v) is 7.51. The van der Waals surface area contributed by atoms with E-state index in [9.17, 15) is 0 Å². The Bertz CT molecular complexity index is 795. The lowest BCUT2D eigenvalue weighted by Gasteiger charge is -2.09. The standard InChI is InChI=1S/C17H19N5O/c1-4-23-15-7-5-14(6-8-15)20-16-10-17(19-11-18-16)22-13(3)9-12(2)21-22/h5-11H,4H2,1-3H3,(H,18,19,20). The van der Waals surface area contributed by atoms with Crippen molar-refractivity contribution in [1.82, 2.24) is 19.7 Å². The van der Waals surface area contributed by atoms with E-state index in [2.05, 4.69) is 20.4 Å². The number of nitrogens with zero attached hydrogens (tertiary/aromatic N) is 4. The van der Waals surface area contributed by atoms with Crippen LogP contribution in [0.15, 0.2) is 42.7 Å². The molecule has 6 nitrogen and oxygen atoms in total. The Morgan fingerprint density at radius 3 is 2.52 bits per heavy atom. The van der Waals surface area contributed by atoms with E-state index in [-0.39, 0.29) is 0 Å². The largest absolute Gasteiger partial charge is 0.494 e. The summed E-state index contributed by atoms with van der Waals surface area (Å²) >= 11 is 0. The van der Waals surface area contributed by atoms with Gasteiger partial charge in [0, 0.05) is 17.4 Å². The number of aryl methyl sites for hydroxylation is 2. The van der Waals surface area contributed by atoms with Gasteiger partial charge in [-0.1, -0.05) is 0 Å². The maximum Gasteiger partial charge on any atom is 0.159 e. The molecule has 0 spiro atoms. The van der Waals surface area contributed by atoms with Crippen LogP contribution in [-0.4, -0.2) is 26.4 Å². The highest BCUT2D eigenvalue weighted by molar-refractivity contribution is 5.58. The molecule has 0 aliphatic rings. The number of nitrogens with one attached hydrogen (secondary N) is 1. The van der Waals surface area contributed by atoms with E-state index in [1.807, 2.05) is 57.2 Å². The first-order valence-electron chi connectivity index (χ1n) is 7.51. The van der Waals surface area contributed by atoms with Crippen LogP contribution in [0.2, 0.25) is 0 Å². The minimum Gasteiger partial charge on any atom is -0.494 e. The number of anilines is 2. The topological polar surface area (TPSA) is 64.9 Å². The van der Waals surface area contributed by atoms with Crippen molar-refractivity contribution in [1.29, 1.82) is 0 Å². The van der Waals surface area contributed by atoms with Gasteiger partial charge < -0.3 is 10.1 Å². The Balaban J connectivity index is 1.81. The normalized spacial score (nSPS) is 10.6. The Morgan fingerprint density at radius 2 is 1.87 bits per heavy atom. The van der Waals surface area contributed by atoms with Gasteiger partial charge in [0.15, 0.2) is 5.82 Å². The molecule has 0 saturated carbocycles. The molecule has 23 heavy (non-hydrogen) atoms. The van der Waals surface area contributed by atoms with Crippen LogP contribution in [0, 0.1) is 13.8 Å². The molecule has 0 saturated heterocycles. The van der Waals surface area contributed by atoms with Crippen molar-refractivity contribution in [2.75, 3.05) is 11.9 Å². The number of hydrogen-bond donors (Lipinski definition) is 1. The Hall–Kier alpha value is -2.89. The fourth-order valence-corrected chi connectivity index (χ4v) is 2.34. The third-order valence-corrected chi connectivity index (χ3v) is 3.32. The molecule has 2 aromatic heterocycles. The molecular formula is C17H19N5O. The van der Waals surface area contributed by atoms with Gasteiger partial charge in [-0.05, 0) is 51.1 Å². The van der Waals surface area contributed by atoms with Gasteiger partial charge in [-0.3, -0.25) is 0 Å². The third kappa shape index (κ3) is 3.48. The number of aromatic nitrogens is 4. The Labute approximate surface area is 135 Å². The maximum atomic E-state index is 5.44. The highest BCUT2D eigenvalue weighted by atomic mass is 16.5. The minimum absolute atomic E-state index is 0.657. The summed E-state index contributed by atoms with van der Waals surface area (Å²) in [5, 5.41) is 7.70. The summed E-state index contributed by atoms with van der Waals surface area (Å²) in [4.78, 5) is 8.55. The van der Waals surface area contributed by atoms with E-state index in [1.165, 1.54) is 6.33 Å². The molecule has 0 aliphatic heterocycles. The smallest absolute Gasteiger partial charge is 0.159 e. The van der Waals surface area contributed by atoms with Crippen molar-refractivity contribution in [3.63, 3.8) is 0 Å². The van der Waals surface area contributed by atoms with Gasteiger partial charge in [0.2, 0.25) is 0 Å². The van der Waals surface area contributed by atoms with Gasteiger partial charge in [-0.25, -0.2) is 14.6 Å². The molecule has 0 fully saturated rings. The molecule has 0 unspecified atom stereocenters. The number of benzene rings is 1. The number of ether oxygens (including phenoxy) is 1. The second-order valence-corrected chi connectivity index (χ2v) is 5.18. The maximum absolute atomic E-state index is 5.44. The van der Waals surface area contributed by atoms with Crippen LogP contribution in [0.25, 0.3) is 5.82 Å². The summed E-state index contributed by atoms with van der Waals surface area (Å²) in [5.41, 5.74) is 2.93. The lowest BCUT2D eigenvalue weighted by Crippen LogP contribution is -2.04. The lowest BCUT2D eigenvalue weighted by molar-refractivity contribution is 0.340. The van der Waals surface area contributed by atoms with E-state index >= 15 is 0 Å². The summed E-state index contributed by atoms with van der Waals surface area (Å²) in [6.07, 6.45) is 1.53. The molecule has 0 amide bonds. The minimum atomic E-state index is 0.657. The molecule has 1 aromatic carbocycles. The molecule has 3 aromatic rings. The van der Waals surface area contributed by atoms with Crippen molar-refractivity contribution < 1.29 is 4.74 Å². The highest BCUT2D eigenvalue weighted by Gasteiger charge is 2.06. The lowest BCUT2D eigenvalue weighted by atomic mass is 10.3. The molecule has 1 N–H and O–H groups in total. The van der Waals surface area contributed by atoms with E-state index in [4.69, 9.17) is 4.74 Å². The van der Waals surface area contributed by atoms with Gasteiger partial charge in [-0.2, -0.15) is 5.10 Å². The predicted molar refractivity (Wildman–Crippen MR) is 89.5 cm³/mol. The molecule has 3 rings (SSSR count). The first kappa shape index (κ1) is 15.0. The van der Waals surface area contributed by atoms with E-state index in [0.717, 1.165) is 28.6 Å². The van der Waals surface area contributed by atoms with Crippen LogP contribution in [0.5, 0.6) is 5.75 Å². The van der Waals surface area contributed by atoms with Crippen LogP contribution in [0.4, 0.5) is 11.5 Å². The molecule has 0 bridgehead atoms. The van der Waals surface area contributed by atoms with Crippen molar-refractivity contribution in [3.8, 4) is 11.6 Å². The molecule has 0 radical (unpaired) electrons. The van der Waals surface area contributed by atoms with Crippen molar-refractivity contribution >= 4 is 11.5 Å². The van der Waals surface area contributed by atoms with Gasteiger partial charge >= 0.3 is 0 Å². The zero-order valence-electron chi connectivity index (χ0n) is 13.4. The summed E-state index contributed by atoms with van der Waals surface area (Å²) in [6, 6.07) is 11.6. The van der Waals surface area contributed by atoms with Crippen molar-refractivity contribution in [3.05, 3.63) is 54.1 Å². The predicted octanol–water partition coefficient (Wildman–Crippen LogP) is 3.42. The molecule has 0 atom stereocenters. The summed E-state index contributed by atoms with van der Waals surface area (Å²) in [7, 11) is 0. The average molecular weight is 309 g/mol. The zero-order valence-corrected chi connectivity index (χ0v) is 13.4. The second-order valence-electron chi connectivity index (χ2n) is 5.18. The molecule has 6 heteroatoms. The summed E-state index contributed by atoms with van der Waals surface area (Å²) in [5.74, 6) is 2.30. The van der Waals surface area contributed by atoms with Gasteiger partial charge in [0.25, 0.3) is 0 Å². The molecule has 0 aliphatic carbocycles. The Kier molecular flexibility index (Phi) is 4.23. The second kappa shape index (κ2) is 6.48. The SMILES string of the molecule is CCOc1ccc(Nc2cc(-n3nc(C)cc3C)ncn2)cc1. The number of hydrogen-bond acceptors (Lipinski definition) is 5. The highest BCUT2D eigenvalue weighted by Crippen LogP contribution is 2.20. The van der Waals surface area contributed by atoms with E-state index < -0.39 is 0 Å². The van der Waals surface area contributed by atoms with E-state index in [1.54, 1.807) is 4.68 Å². The van der Waals surface area contributed by atoms with Gasteiger partial charge in [-0.15, -0.1) is 0 Å². The van der Waals surface area contributed by atoms with Crippen LogP contribution in [0.3, 0.4) is 0 Å². The quantitative estimate of drug-likeness (QED) is 0.782. The zero-order chi connectivity index (χ0) is 16.2. The van der Waals surface area contributed by atoms with Crippen LogP contribution in [0.1, 0.15) is 18.3 Å². The fourth-order valence-electron chi connectivity index (χ4n) is 2.34. The number of rotatable bonds is 5. The van der Waals surface area contributed by atoms with Gasteiger partial charge in [0.05, 0.1) is 12.3 Å². The first-order chi connectivity index (χ1) is 11.2. The van der Waals surface area contributed by atoms with E-state index in [0.29, 0.717) is 12.4 Å². The van der Waals surface area contributed by atoms with Crippen LogP contribution >= 0.6 is 0 Å². The summed E-state index contributed by atoms with van der Waals surface area (Å²) < 4.78 is 7.24. The van der Waals surface area contributed by atoms with Gasteiger partial charge in [0.1, 0.15) is 17.9 Å². The van der Waals surface area contributed by atoms with Crippen molar-refractivity contribution in [2.45, 2.75) is 20.8 Å². The van der Waals surface area contributed by atoms with Crippen molar-refractivity contribution in [2.24, 2.45) is 0 Å². The monoisotopic (exact) mass is 309 g/mol.